The lowest BCUT2D eigenvalue weighted by atomic mass is 9.58. The summed E-state index contributed by atoms with van der Waals surface area (Å²) in [5.41, 5.74) is 2.05. The van der Waals surface area contributed by atoms with Gasteiger partial charge in [0.05, 0.1) is 16.5 Å². The van der Waals surface area contributed by atoms with E-state index in [1.54, 1.807) is 18.2 Å². The van der Waals surface area contributed by atoms with Crippen LogP contribution in [-0.4, -0.2) is 42.1 Å². The SMILES string of the molecule is CN1CCC2(c3cccc(O)c3)C[C@H](NC(=O)Cc3ccc(Cl)c(Cl)c3)CCC2C1. The third kappa shape index (κ3) is 4.46. The van der Waals surface area contributed by atoms with Gasteiger partial charge in [0, 0.05) is 18.0 Å². The molecule has 0 spiro atoms. The van der Waals surface area contributed by atoms with E-state index in [-0.39, 0.29) is 17.4 Å². The molecule has 2 aromatic rings. The van der Waals surface area contributed by atoms with Crippen LogP contribution in [0.25, 0.3) is 0 Å². The van der Waals surface area contributed by atoms with Crippen LogP contribution in [0.5, 0.6) is 5.75 Å². The zero-order chi connectivity index (χ0) is 21.3. The van der Waals surface area contributed by atoms with Crippen molar-refractivity contribution >= 4 is 29.1 Å². The minimum atomic E-state index is -0.00890. The van der Waals surface area contributed by atoms with Gasteiger partial charge < -0.3 is 15.3 Å². The van der Waals surface area contributed by atoms with Gasteiger partial charge in [0.25, 0.3) is 0 Å². The Morgan fingerprint density at radius 3 is 2.80 bits per heavy atom. The van der Waals surface area contributed by atoms with Crippen molar-refractivity contribution in [3.8, 4) is 5.75 Å². The fourth-order valence-corrected chi connectivity index (χ4v) is 5.69. The molecule has 30 heavy (non-hydrogen) atoms. The second kappa shape index (κ2) is 8.78. The molecular formula is C24H28Cl2N2O2. The number of hydrogen-bond donors (Lipinski definition) is 2. The predicted octanol–water partition coefficient (Wildman–Crippen LogP) is 4.80. The van der Waals surface area contributed by atoms with Gasteiger partial charge in [0.15, 0.2) is 0 Å². The number of carbonyl (C=O) groups excluding carboxylic acids is 1. The number of nitrogens with zero attached hydrogens (tertiary/aromatic N) is 1. The lowest BCUT2D eigenvalue weighted by Gasteiger charge is -2.52. The number of halogens is 2. The van der Waals surface area contributed by atoms with E-state index >= 15 is 0 Å². The Balaban J connectivity index is 1.50. The second-order valence-corrected chi connectivity index (χ2v) is 9.70. The van der Waals surface area contributed by atoms with Crippen LogP contribution >= 0.6 is 23.2 Å². The maximum absolute atomic E-state index is 12.7. The molecule has 0 bridgehead atoms. The molecule has 3 atom stereocenters. The van der Waals surface area contributed by atoms with Gasteiger partial charge in [-0.2, -0.15) is 0 Å². The van der Waals surface area contributed by atoms with E-state index in [2.05, 4.69) is 23.3 Å². The number of fused-ring (bicyclic) bond motifs is 1. The number of piperidine rings is 1. The number of benzene rings is 2. The fourth-order valence-electron chi connectivity index (χ4n) is 5.37. The third-order valence-corrected chi connectivity index (χ3v) is 7.60. The maximum Gasteiger partial charge on any atom is 0.224 e. The van der Waals surface area contributed by atoms with Crippen LogP contribution in [0.4, 0.5) is 0 Å². The van der Waals surface area contributed by atoms with Crippen LogP contribution in [0, 0.1) is 5.92 Å². The number of hydrogen-bond acceptors (Lipinski definition) is 3. The van der Waals surface area contributed by atoms with Gasteiger partial charge in [-0.1, -0.05) is 41.4 Å². The van der Waals surface area contributed by atoms with Gasteiger partial charge in [-0.25, -0.2) is 0 Å². The van der Waals surface area contributed by atoms with Gasteiger partial charge in [0.1, 0.15) is 5.75 Å². The lowest BCUT2D eigenvalue weighted by Crippen LogP contribution is -2.55. The summed E-state index contributed by atoms with van der Waals surface area (Å²) in [7, 11) is 2.18. The first-order valence-electron chi connectivity index (χ1n) is 10.6. The van der Waals surface area contributed by atoms with Gasteiger partial charge in [-0.15, -0.1) is 0 Å². The number of nitrogens with one attached hydrogen (secondary N) is 1. The lowest BCUT2D eigenvalue weighted by molar-refractivity contribution is -0.121. The molecule has 1 amide bonds. The third-order valence-electron chi connectivity index (χ3n) is 6.86. The normalized spacial score (nSPS) is 26.8. The zero-order valence-corrected chi connectivity index (χ0v) is 18.7. The molecule has 1 heterocycles. The van der Waals surface area contributed by atoms with Crippen LogP contribution in [0.2, 0.25) is 10.0 Å². The molecule has 1 saturated carbocycles. The van der Waals surface area contributed by atoms with Crippen molar-refractivity contribution in [3.63, 3.8) is 0 Å². The minimum Gasteiger partial charge on any atom is -0.508 e. The van der Waals surface area contributed by atoms with Crippen LogP contribution in [0.15, 0.2) is 42.5 Å². The quantitative estimate of drug-likeness (QED) is 0.708. The molecule has 4 nitrogen and oxygen atoms in total. The molecular weight excluding hydrogens is 419 g/mol. The molecule has 1 saturated heterocycles. The van der Waals surface area contributed by atoms with E-state index in [1.807, 2.05) is 18.2 Å². The van der Waals surface area contributed by atoms with Gasteiger partial charge in [-0.05, 0) is 80.6 Å². The first kappa shape index (κ1) is 21.5. The minimum absolute atomic E-state index is 0.00890. The Morgan fingerprint density at radius 1 is 1.20 bits per heavy atom. The highest BCUT2D eigenvalue weighted by molar-refractivity contribution is 6.42. The number of likely N-dealkylation sites (tertiary alicyclic amines) is 1. The summed E-state index contributed by atoms with van der Waals surface area (Å²) in [4.78, 5) is 15.1. The molecule has 1 aliphatic heterocycles. The Bertz CT molecular complexity index is 935. The van der Waals surface area contributed by atoms with E-state index in [0.29, 0.717) is 28.1 Å². The molecule has 2 aliphatic rings. The first-order valence-corrected chi connectivity index (χ1v) is 11.3. The second-order valence-electron chi connectivity index (χ2n) is 8.89. The van der Waals surface area contributed by atoms with Gasteiger partial charge in [-0.3, -0.25) is 4.79 Å². The average Bonchev–Trinajstić information content (AvgIpc) is 2.71. The molecule has 2 fully saturated rings. The Kier molecular flexibility index (Phi) is 6.29. The predicted molar refractivity (Wildman–Crippen MR) is 121 cm³/mol. The highest BCUT2D eigenvalue weighted by Crippen LogP contribution is 2.49. The Morgan fingerprint density at radius 2 is 2.03 bits per heavy atom. The highest BCUT2D eigenvalue weighted by Gasteiger charge is 2.47. The number of rotatable bonds is 4. The largest absolute Gasteiger partial charge is 0.508 e. The molecule has 6 heteroatoms. The van der Waals surface area contributed by atoms with Crippen molar-refractivity contribution in [3.05, 3.63) is 63.6 Å². The summed E-state index contributed by atoms with van der Waals surface area (Å²) in [5, 5.41) is 14.3. The summed E-state index contributed by atoms with van der Waals surface area (Å²) in [6.45, 7) is 2.08. The van der Waals surface area contributed by atoms with Gasteiger partial charge in [0.2, 0.25) is 5.91 Å². The number of phenols is 1. The number of phenolic OH excluding ortho intramolecular Hbond substituents is 1. The van der Waals surface area contributed by atoms with Crippen LogP contribution in [-0.2, 0) is 16.6 Å². The van der Waals surface area contributed by atoms with Crippen LogP contribution in [0.1, 0.15) is 36.8 Å². The summed E-state index contributed by atoms with van der Waals surface area (Å²) in [5.74, 6) is 0.849. The van der Waals surface area contributed by atoms with E-state index in [9.17, 15) is 9.90 Å². The van der Waals surface area contributed by atoms with Crippen molar-refractivity contribution in [2.24, 2.45) is 5.92 Å². The van der Waals surface area contributed by atoms with Crippen molar-refractivity contribution in [2.75, 3.05) is 20.1 Å². The molecule has 2 unspecified atom stereocenters. The van der Waals surface area contributed by atoms with E-state index in [0.717, 1.165) is 44.3 Å². The molecule has 1 aliphatic carbocycles. The van der Waals surface area contributed by atoms with Crippen molar-refractivity contribution in [1.82, 2.24) is 10.2 Å². The molecule has 4 rings (SSSR count). The topological polar surface area (TPSA) is 52.6 Å². The first-order chi connectivity index (χ1) is 14.4. The number of amides is 1. The maximum atomic E-state index is 12.7. The standard InChI is InChI=1S/C24H28Cl2N2O2/c1-28-10-9-24(17-3-2-4-20(29)13-17)14-19(7-6-18(24)15-28)27-23(30)12-16-5-8-21(25)22(26)11-16/h2-5,8,11,13,18-19,29H,6-7,9-10,12,14-15H2,1H3,(H,27,30)/t18?,19-,24?/m1/s1. The summed E-state index contributed by atoms with van der Waals surface area (Å²) in [6.07, 6.45) is 4.28. The van der Waals surface area contributed by atoms with E-state index in [1.165, 1.54) is 5.56 Å². The Labute approximate surface area is 188 Å². The number of carbonyl (C=O) groups is 1. The van der Waals surface area contributed by atoms with Crippen LogP contribution in [0.3, 0.4) is 0 Å². The number of aromatic hydroxyl groups is 1. The molecule has 160 valence electrons. The molecule has 2 N–H and O–H groups in total. The summed E-state index contributed by atoms with van der Waals surface area (Å²) >= 11 is 12.1. The van der Waals surface area contributed by atoms with Crippen LogP contribution < -0.4 is 5.32 Å². The average molecular weight is 447 g/mol. The zero-order valence-electron chi connectivity index (χ0n) is 17.2. The summed E-state index contributed by atoms with van der Waals surface area (Å²) in [6, 6.07) is 13.2. The monoisotopic (exact) mass is 446 g/mol. The Hall–Kier alpha value is -1.75. The smallest absolute Gasteiger partial charge is 0.224 e. The molecule has 2 aromatic carbocycles. The van der Waals surface area contributed by atoms with Crippen molar-refractivity contribution < 1.29 is 9.90 Å². The fraction of sp³-hybridized carbons (Fsp3) is 0.458. The summed E-state index contributed by atoms with van der Waals surface area (Å²) < 4.78 is 0. The van der Waals surface area contributed by atoms with Crippen molar-refractivity contribution in [2.45, 2.75) is 43.6 Å². The van der Waals surface area contributed by atoms with E-state index in [4.69, 9.17) is 23.2 Å². The van der Waals surface area contributed by atoms with Crippen molar-refractivity contribution in [1.29, 1.82) is 0 Å². The molecule has 0 radical (unpaired) electrons. The molecule has 0 aromatic heterocycles. The van der Waals surface area contributed by atoms with Gasteiger partial charge >= 0.3 is 0 Å². The van der Waals surface area contributed by atoms with E-state index < -0.39 is 0 Å². The highest BCUT2D eigenvalue weighted by atomic mass is 35.5.